The van der Waals surface area contributed by atoms with Crippen molar-refractivity contribution in [3.05, 3.63) is 68.6 Å². The lowest BCUT2D eigenvalue weighted by atomic mass is 10.0. The molecule has 2 aromatic carbocycles. The molecule has 2 unspecified atom stereocenters. The van der Waals surface area contributed by atoms with Crippen molar-refractivity contribution in [3.63, 3.8) is 0 Å². The van der Waals surface area contributed by atoms with Crippen LogP contribution in [-0.4, -0.2) is 35.4 Å². The number of ether oxygens (including phenoxy) is 2. The Labute approximate surface area is 157 Å². The van der Waals surface area contributed by atoms with Crippen molar-refractivity contribution in [2.45, 2.75) is 18.0 Å². The van der Waals surface area contributed by atoms with Crippen molar-refractivity contribution in [2.24, 2.45) is 0 Å². The summed E-state index contributed by atoms with van der Waals surface area (Å²) in [6.07, 6.45) is -0.498. The minimum absolute atomic E-state index is 0.00199. The zero-order chi connectivity index (χ0) is 16.7. The number of rotatable bonds is 3. The van der Waals surface area contributed by atoms with E-state index in [0.29, 0.717) is 13.2 Å². The highest BCUT2D eigenvalue weighted by molar-refractivity contribution is 9.10. The van der Waals surface area contributed by atoms with Gasteiger partial charge in [-0.25, -0.2) is 4.90 Å². The highest BCUT2D eigenvalue weighted by Crippen LogP contribution is 2.49. The Morgan fingerprint density at radius 2 is 1.46 bits per heavy atom. The first-order valence-corrected chi connectivity index (χ1v) is 9.35. The number of aliphatic hydroxyl groups excluding tert-OH is 1. The van der Waals surface area contributed by atoms with Crippen molar-refractivity contribution < 1.29 is 14.6 Å². The lowest BCUT2D eigenvalue weighted by Gasteiger charge is -2.33. The molecule has 0 aliphatic carbocycles. The summed E-state index contributed by atoms with van der Waals surface area (Å²) in [4.78, 5) is 2.16. The van der Waals surface area contributed by atoms with Crippen LogP contribution in [0, 0.1) is 0 Å². The normalized spacial score (nSPS) is 29.8. The maximum Gasteiger partial charge on any atom is 0.139 e. The molecule has 126 valence electrons. The van der Waals surface area contributed by atoms with Crippen molar-refractivity contribution in [1.29, 1.82) is 0 Å². The third-order valence-electron chi connectivity index (χ3n) is 4.63. The summed E-state index contributed by atoms with van der Waals surface area (Å²) in [6, 6.07) is 16.1. The minimum atomic E-state index is -0.500. The fourth-order valence-corrected chi connectivity index (χ4v) is 4.28. The zero-order valence-corrected chi connectivity index (χ0v) is 16.0. The third-order valence-corrected chi connectivity index (χ3v) is 5.62. The van der Waals surface area contributed by atoms with Crippen molar-refractivity contribution >= 4 is 31.9 Å². The molecule has 0 saturated carbocycles. The van der Waals surface area contributed by atoms with E-state index >= 15 is 0 Å². The minimum Gasteiger partial charge on any atom is -0.394 e. The second-order valence-electron chi connectivity index (χ2n) is 6.23. The molecule has 4 rings (SSSR count). The number of aliphatic hydroxyl groups is 1. The highest BCUT2D eigenvalue weighted by Gasteiger charge is 2.56. The summed E-state index contributed by atoms with van der Waals surface area (Å²) in [5.74, 6) is 0. The van der Waals surface area contributed by atoms with E-state index in [1.165, 1.54) is 0 Å². The van der Waals surface area contributed by atoms with E-state index < -0.39 is 5.54 Å². The van der Waals surface area contributed by atoms with E-state index in [9.17, 15) is 5.11 Å². The van der Waals surface area contributed by atoms with Gasteiger partial charge < -0.3 is 14.6 Å². The number of benzene rings is 2. The van der Waals surface area contributed by atoms with Crippen LogP contribution in [0.2, 0.25) is 0 Å². The number of hydrogen-bond donors (Lipinski definition) is 1. The molecule has 6 heteroatoms. The molecule has 0 bridgehead atoms. The van der Waals surface area contributed by atoms with Gasteiger partial charge in [0, 0.05) is 8.95 Å². The lowest BCUT2D eigenvalue weighted by Crippen LogP contribution is -2.47. The predicted molar refractivity (Wildman–Crippen MR) is 97.3 cm³/mol. The van der Waals surface area contributed by atoms with Gasteiger partial charge in [0.2, 0.25) is 0 Å². The van der Waals surface area contributed by atoms with Crippen LogP contribution >= 0.6 is 31.9 Å². The largest absolute Gasteiger partial charge is 0.394 e. The van der Waals surface area contributed by atoms with E-state index in [0.717, 1.165) is 20.1 Å². The maximum atomic E-state index is 10.0. The topological polar surface area (TPSA) is 41.9 Å². The standard InChI is InChI=1S/C18H17Br2NO3/c19-14-5-1-3-12(7-14)16-21-17(13-4-2-6-15(20)8-13)24-11-18(21,9-22)10-23-16/h1-8,16-17,22H,9-11H2. The molecule has 2 fully saturated rings. The molecule has 0 radical (unpaired) electrons. The Bertz CT molecular complexity index is 697. The molecule has 1 N–H and O–H groups in total. The van der Waals surface area contributed by atoms with E-state index in [1.54, 1.807) is 0 Å². The Morgan fingerprint density at radius 3 is 1.88 bits per heavy atom. The SMILES string of the molecule is OCC12COC(c3cccc(Br)c3)N1C(c1cccc(Br)c1)OC2. The molecule has 2 aromatic rings. The van der Waals surface area contributed by atoms with Gasteiger partial charge in [0.15, 0.2) is 0 Å². The maximum absolute atomic E-state index is 10.0. The van der Waals surface area contributed by atoms with E-state index in [2.05, 4.69) is 48.9 Å². The van der Waals surface area contributed by atoms with E-state index in [-0.39, 0.29) is 19.1 Å². The van der Waals surface area contributed by atoms with Gasteiger partial charge in [-0.1, -0.05) is 56.1 Å². The summed E-state index contributed by atoms with van der Waals surface area (Å²) >= 11 is 7.04. The molecule has 4 nitrogen and oxygen atoms in total. The first kappa shape index (κ1) is 16.7. The molecule has 0 spiro atoms. The average Bonchev–Trinajstić information content (AvgIpc) is 3.12. The Balaban J connectivity index is 1.75. The number of nitrogens with zero attached hydrogens (tertiary/aromatic N) is 1. The van der Waals surface area contributed by atoms with Gasteiger partial charge in [0.1, 0.15) is 12.5 Å². The zero-order valence-electron chi connectivity index (χ0n) is 12.9. The van der Waals surface area contributed by atoms with Crippen LogP contribution in [0.25, 0.3) is 0 Å². The quantitative estimate of drug-likeness (QED) is 0.760. The summed E-state index contributed by atoms with van der Waals surface area (Å²) in [5.41, 5.74) is 1.59. The van der Waals surface area contributed by atoms with Gasteiger partial charge in [-0.15, -0.1) is 0 Å². The van der Waals surface area contributed by atoms with Crippen LogP contribution in [0.15, 0.2) is 57.5 Å². The third kappa shape index (κ3) is 2.75. The molecule has 0 amide bonds. The lowest BCUT2D eigenvalue weighted by molar-refractivity contribution is -0.0630. The molecule has 2 heterocycles. The van der Waals surface area contributed by atoms with Gasteiger partial charge in [-0.3, -0.25) is 0 Å². The van der Waals surface area contributed by atoms with Gasteiger partial charge in [-0.2, -0.15) is 0 Å². The van der Waals surface area contributed by atoms with Crippen molar-refractivity contribution in [1.82, 2.24) is 4.90 Å². The molecular weight excluding hydrogens is 438 g/mol. The van der Waals surface area contributed by atoms with Crippen LogP contribution in [0.3, 0.4) is 0 Å². The summed E-state index contributed by atoms with van der Waals surface area (Å²) in [5, 5.41) is 10.0. The van der Waals surface area contributed by atoms with Crippen molar-refractivity contribution in [3.8, 4) is 0 Å². The molecule has 2 aliphatic heterocycles. The van der Waals surface area contributed by atoms with Crippen LogP contribution in [0.1, 0.15) is 23.6 Å². The van der Waals surface area contributed by atoms with Crippen LogP contribution in [-0.2, 0) is 9.47 Å². The molecule has 0 aromatic heterocycles. The summed E-state index contributed by atoms with van der Waals surface area (Å²) in [7, 11) is 0. The van der Waals surface area contributed by atoms with Crippen LogP contribution < -0.4 is 0 Å². The van der Waals surface area contributed by atoms with Crippen molar-refractivity contribution in [2.75, 3.05) is 19.8 Å². The monoisotopic (exact) mass is 453 g/mol. The fraction of sp³-hybridized carbons (Fsp3) is 0.333. The Kier molecular flexibility index (Phi) is 4.53. The second-order valence-corrected chi connectivity index (χ2v) is 8.06. The molecule has 2 aliphatic rings. The molecular formula is C18H17Br2NO3. The smallest absolute Gasteiger partial charge is 0.139 e. The number of hydrogen-bond acceptors (Lipinski definition) is 4. The van der Waals surface area contributed by atoms with E-state index in [4.69, 9.17) is 9.47 Å². The predicted octanol–water partition coefficient (Wildman–Crippen LogP) is 4.00. The van der Waals surface area contributed by atoms with Crippen LogP contribution in [0.5, 0.6) is 0 Å². The average molecular weight is 455 g/mol. The van der Waals surface area contributed by atoms with Gasteiger partial charge in [-0.05, 0) is 35.4 Å². The number of halogens is 2. The van der Waals surface area contributed by atoms with E-state index in [1.807, 2.05) is 36.4 Å². The first-order valence-electron chi connectivity index (χ1n) is 7.76. The summed E-state index contributed by atoms with van der Waals surface area (Å²) in [6.45, 7) is 0.901. The van der Waals surface area contributed by atoms with Gasteiger partial charge >= 0.3 is 0 Å². The molecule has 24 heavy (non-hydrogen) atoms. The second kappa shape index (κ2) is 6.52. The van der Waals surface area contributed by atoms with Gasteiger partial charge in [0.05, 0.1) is 25.4 Å². The Hall–Kier alpha value is -0.760. The highest BCUT2D eigenvalue weighted by atomic mass is 79.9. The van der Waals surface area contributed by atoms with Gasteiger partial charge in [0.25, 0.3) is 0 Å². The molecule has 2 saturated heterocycles. The Morgan fingerprint density at radius 1 is 0.958 bits per heavy atom. The fourth-order valence-electron chi connectivity index (χ4n) is 3.45. The number of fused-ring (bicyclic) bond motifs is 1. The summed E-state index contributed by atoms with van der Waals surface area (Å²) < 4.78 is 14.2. The van der Waals surface area contributed by atoms with Crippen LogP contribution in [0.4, 0.5) is 0 Å². The first-order chi connectivity index (χ1) is 11.6. The molecule has 2 atom stereocenters.